The van der Waals surface area contributed by atoms with Crippen LogP contribution in [0, 0.1) is 0 Å². The third kappa shape index (κ3) is 2.38. The average molecular weight is 212 g/mol. The van der Waals surface area contributed by atoms with Crippen molar-refractivity contribution in [2.75, 3.05) is 13.7 Å². The Morgan fingerprint density at radius 1 is 1.60 bits per heavy atom. The molecule has 1 aliphatic heterocycles. The largest absolute Gasteiger partial charge is 0.467 e. The number of likely N-dealkylation sites (tertiary alicyclic amines) is 1. The van der Waals surface area contributed by atoms with Crippen LogP contribution in [0.2, 0.25) is 0 Å². The maximum atomic E-state index is 11.3. The fourth-order valence-electron chi connectivity index (χ4n) is 1.68. The molecule has 82 valence electrons. The third-order valence-corrected chi connectivity index (χ3v) is 2.37. The molecule has 7 heteroatoms. The van der Waals surface area contributed by atoms with E-state index in [9.17, 15) is 9.59 Å². The molecule has 1 amide bonds. The van der Waals surface area contributed by atoms with Crippen LogP contribution in [0.4, 0.5) is 0 Å². The Hall–Kier alpha value is -1.75. The number of nitrogens with zero attached hydrogens (tertiary/aromatic N) is 4. The lowest BCUT2D eigenvalue weighted by atomic mass is 10.2. The first-order chi connectivity index (χ1) is 7.10. The summed E-state index contributed by atoms with van der Waals surface area (Å²) in [4.78, 5) is 26.6. The summed E-state index contributed by atoms with van der Waals surface area (Å²) in [5.74, 6) is -0.693. The molecular formula is C8H12N4O3. The van der Waals surface area contributed by atoms with E-state index < -0.39 is 12.0 Å². The van der Waals surface area contributed by atoms with E-state index in [0.29, 0.717) is 6.42 Å². The number of azide groups is 1. The number of hydrogen-bond donors (Lipinski definition) is 0. The predicted molar refractivity (Wildman–Crippen MR) is 50.7 cm³/mol. The molecule has 0 radical (unpaired) electrons. The number of carbonyl (C=O) groups is 2. The Bertz CT molecular complexity index is 324. The summed E-state index contributed by atoms with van der Waals surface area (Å²) in [5.41, 5.74) is 8.27. The highest BCUT2D eigenvalue weighted by molar-refractivity contribution is 5.84. The van der Waals surface area contributed by atoms with E-state index in [1.54, 1.807) is 0 Å². The van der Waals surface area contributed by atoms with Gasteiger partial charge in [0.15, 0.2) is 0 Å². The molecule has 0 aromatic carbocycles. The van der Waals surface area contributed by atoms with Crippen molar-refractivity contribution in [1.82, 2.24) is 4.90 Å². The van der Waals surface area contributed by atoms with Crippen LogP contribution in [0.3, 0.4) is 0 Å². The maximum Gasteiger partial charge on any atom is 0.328 e. The summed E-state index contributed by atoms with van der Waals surface area (Å²) in [5, 5.41) is 3.50. The van der Waals surface area contributed by atoms with E-state index in [1.807, 2.05) is 0 Å². The maximum absolute atomic E-state index is 11.3. The summed E-state index contributed by atoms with van der Waals surface area (Å²) in [7, 11) is 1.27. The van der Waals surface area contributed by atoms with Crippen LogP contribution in [-0.2, 0) is 14.3 Å². The van der Waals surface area contributed by atoms with Gasteiger partial charge in [-0.05, 0) is 12.0 Å². The molecule has 1 aliphatic rings. The highest BCUT2D eigenvalue weighted by atomic mass is 16.5. The molecule has 0 aromatic rings. The first kappa shape index (κ1) is 11.3. The second-order valence-electron chi connectivity index (χ2n) is 3.30. The lowest BCUT2D eigenvalue weighted by Crippen LogP contribution is -2.39. The second kappa shape index (κ2) is 4.65. The minimum Gasteiger partial charge on any atom is -0.467 e. The van der Waals surface area contributed by atoms with E-state index in [0.717, 1.165) is 0 Å². The number of esters is 1. The molecule has 0 bridgehead atoms. The fourth-order valence-corrected chi connectivity index (χ4v) is 1.68. The molecule has 0 unspecified atom stereocenters. The van der Waals surface area contributed by atoms with Gasteiger partial charge < -0.3 is 9.64 Å². The molecule has 0 spiro atoms. The van der Waals surface area contributed by atoms with E-state index in [4.69, 9.17) is 5.53 Å². The van der Waals surface area contributed by atoms with Gasteiger partial charge in [0.25, 0.3) is 0 Å². The minimum absolute atomic E-state index is 0.221. The second-order valence-corrected chi connectivity index (χ2v) is 3.30. The van der Waals surface area contributed by atoms with E-state index in [1.165, 1.54) is 18.9 Å². The topological polar surface area (TPSA) is 95.4 Å². The summed E-state index contributed by atoms with van der Waals surface area (Å²) in [6, 6.07) is -0.967. The Kier molecular flexibility index (Phi) is 3.51. The Morgan fingerprint density at radius 3 is 2.73 bits per heavy atom. The van der Waals surface area contributed by atoms with Crippen molar-refractivity contribution < 1.29 is 14.3 Å². The van der Waals surface area contributed by atoms with Gasteiger partial charge in [0.2, 0.25) is 5.91 Å². The molecule has 1 fully saturated rings. The summed E-state index contributed by atoms with van der Waals surface area (Å²) < 4.78 is 4.57. The number of hydrogen-bond acceptors (Lipinski definition) is 4. The fraction of sp³-hybridized carbons (Fsp3) is 0.750. The van der Waals surface area contributed by atoms with Crippen molar-refractivity contribution in [3.8, 4) is 0 Å². The van der Waals surface area contributed by atoms with E-state index in [2.05, 4.69) is 14.8 Å². The van der Waals surface area contributed by atoms with Crippen molar-refractivity contribution in [2.24, 2.45) is 5.11 Å². The molecule has 0 saturated carbocycles. The van der Waals surface area contributed by atoms with Crippen molar-refractivity contribution in [3.05, 3.63) is 10.4 Å². The molecular weight excluding hydrogens is 200 g/mol. The van der Waals surface area contributed by atoms with Crippen LogP contribution in [-0.4, -0.2) is 42.5 Å². The van der Waals surface area contributed by atoms with Gasteiger partial charge in [0, 0.05) is 18.4 Å². The summed E-state index contributed by atoms with van der Waals surface area (Å²) in [6.45, 7) is 1.65. The van der Waals surface area contributed by atoms with Crippen molar-refractivity contribution in [2.45, 2.75) is 25.4 Å². The molecule has 0 N–H and O–H groups in total. The monoisotopic (exact) mass is 212 g/mol. The summed E-state index contributed by atoms with van der Waals surface area (Å²) in [6.07, 6.45) is 0.330. The number of methoxy groups -OCH3 is 1. The first-order valence-electron chi connectivity index (χ1n) is 4.49. The molecule has 7 nitrogen and oxygen atoms in total. The SMILES string of the molecule is COC(=O)[C@H]1C[C@@H](N=[N+]=[N-])CN1C(C)=O. The van der Waals surface area contributed by atoms with Gasteiger partial charge in [-0.3, -0.25) is 4.79 Å². The van der Waals surface area contributed by atoms with Gasteiger partial charge in [-0.1, -0.05) is 5.11 Å². The molecule has 15 heavy (non-hydrogen) atoms. The van der Waals surface area contributed by atoms with Crippen LogP contribution in [0.25, 0.3) is 10.4 Å². The zero-order chi connectivity index (χ0) is 11.4. The van der Waals surface area contributed by atoms with Gasteiger partial charge >= 0.3 is 5.97 Å². The van der Waals surface area contributed by atoms with Crippen LogP contribution in [0.5, 0.6) is 0 Å². The van der Waals surface area contributed by atoms with Crippen LogP contribution in [0.1, 0.15) is 13.3 Å². The highest BCUT2D eigenvalue weighted by Gasteiger charge is 2.38. The predicted octanol–water partition coefficient (Wildman–Crippen LogP) is 0.459. The first-order valence-corrected chi connectivity index (χ1v) is 4.49. The minimum atomic E-state index is -0.622. The quantitative estimate of drug-likeness (QED) is 0.288. The van der Waals surface area contributed by atoms with Gasteiger partial charge in [-0.15, -0.1) is 0 Å². The highest BCUT2D eigenvalue weighted by Crippen LogP contribution is 2.21. The smallest absolute Gasteiger partial charge is 0.328 e. The van der Waals surface area contributed by atoms with E-state index in [-0.39, 0.29) is 18.5 Å². The lowest BCUT2D eigenvalue weighted by molar-refractivity contribution is -0.150. The van der Waals surface area contributed by atoms with E-state index >= 15 is 0 Å². The summed E-state index contributed by atoms with van der Waals surface area (Å²) >= 11 is 0. The Balaban J connectivity index is 2.80. The molecule has 0 aliphatic carbocycles. The van der Waals surface area contributed by atoms with Gasteiger partial charge in [0.1, 0.15) is 6.04 Å². The standard InChI is InChI=1S/C8H12N4O3/c1-5(13)12-4-6(10-11-9)3-7(12)8(14)15-2/h6-7H,3-4H2,1-2H3/t6-,7-/m1/s1. The normalized spacial score (nSPS) is 24.5. The zero-order valence-corrected chi connectivity index (χ0v) is 8.58. The molecule has 1 saturated heterocycles. The van der Waals surface area contributed by atoms with Gasteiger partial charge in [0.05, 0.1) is 13.2 Å². The van der Waals surface area contributed by atoms with Crippen LogP contribution >= 0.6 is 0 Å². The third-order valence-electron chi connectivity index (χ3n) is 2.37. The van der Waals surface area contributed by atoms with Crippen LogP contribution in [0.15, 0.2) is 5.11 Å². The Morgan fingerprint density at radius 2 is 2.27 bits per heavy atom. The van der Waals surface area contributed by atoms with Crippen LogP contribution < -0.4 is 0 Å². The van der Waals surface area contributed by atoms with Gasteiger partial charge in [-0.25, -0.2) is 4.79 Å². The molecule has 0 aromatic heterocycles. The van der Waals surface area contributed by atoms with Crippen molar-refractivity contribution in [1.29, 1.82) is 0 Å². The lowest BCUT2D eigenvalue weighted by Gasteiger charge is -2.20. The molecule has 1 rings (SSSR count). The number of rotatable bonds is 2. The molecule has 2 atom stereocenters. The molecule has 1 heterocycles. The number of amides is 1. The van der Waals surface area contributed by atoms with Crippen molar-refractivity contribution in [3.63, 3.8) is 0 Å². The Labute approximate surface area is 86.6 Å². The van der Waals surface area contributed by atoms with Gasteiger partial charge in [-0.2, -0.15) is 0 Å². The average Bonchev–Trinajstić information content (AvgIpc) is 2.61. The zero-order valence-electron chi connectivity index (χ0n) is 8.58. The number of ether oxygens (including phenoxy) is 1. The number of carbonyl (C=O) groups excluding carboxylic acids is 2. The van der Waals surface area contributed by atoms with Crippen molar-refractivity contribution >= 4 is 11.9 Å².